The third-order valence-electron chi connectivity index (χ3n) is 3.04. The van der Waals surface area contributed by atoms with Crippen molar-refractivity contribution in [3.8, 4) is 0 Å². The predicted molar refractivity (Wildman–Crippen MR) is 51.4 cm³/mol. The number of hydrogen-bond acceptors (Lipinski definition) is 3. The summed E-state index contributed by atoms with van der Waals surface area (Å²) in [7, 11) is 0. The van der Waals surface area contributed by atoms with Crippen LogP contribution in [-0.4, -0.2) is 36.4 Å². The van der Waals surface area contributed by atoms with Gasteiger partial charge in [0.25, 0.3) is 0 Å². The summed E-state index contributed by atoms with van der Waals surface area (Å²) >= 11 is 0. The van der Waals surface area contributed by atoms with Crippen LogP contribution < -0.4 is 5.73 Å². The number of carbonyl (C=O) groups is 1. The van der Waals surface area contributed by atoms with Crippen LogP contribution in [0, 0.1) is 5.92 Å². The van der Waals surface area contributed by atoms with Gasteiger partial charge in [-0.2, -0.15) is 0 Å². The Hall–Kier alpha value is -0.410. The number of nitrogens with zero attached hydrogens (tertiary/aromatic N) is 1. The molecular formula is C10H18N2O. The van der Waals surface area contributed by atoms with Crippen LogP contribution in [0.4, 0.5) is 0 Å². The van der Waals surface area contributed by atoms with Crippen LogP contribution in [0.2, 0.25) is 0 Å². The van der Waals surface area contributed by atoms with E-state index in [9.17, 15) is 4.79 Å². The first-order valence-corrected chi connectivity index (χ1v) is 5.26. The molecule has 1 aliphatic carbocycles. The van der Waals surface area contributed by atoms with Crippen molar-refractivity contribution in [3.63, 3.8) is 0 Å². The molecule has 1 aliphatic heterocycles. The topological polar surface area (TPSA) is 46.3 Å². The van der Waals surface area contributed by atoms with Gasteiger partial charge in [-0.3, -0.25) is 9.69 Å². The molecule has 3 nitrogen and oxygen atoms in total. The zero-order chi connectivity index (χ0) is 9.26. The van der Waals surface area contributed by atoms with Gasteiger partial charge in [0.05, 0.1) is 6.54 Å². The second kappa shape index (κ2) is 3.76. The first kappa shape index (κ1) is 9.16. The molecule has 0 bridgehead atoms. The van der Waals surface area contributed by atoms with Crippen molar-refractivity contribution < 1.29 is 4.79 Å². The molecule has 74 valence electrons. The Morgan fingerprint density at radius 2 is 1.85 bits per heavy atom. The SMILES string of the molecule is NC1CCN(CC(=O)C2CC2)CC1. The van der Waals surface area contributed by atoms with Crippen molar-refractivity contribution in [3.05, 3.63) is 0 Å². The summed E-state index contributed by atoms with van der Waals surface area (Å²) in [5, 5.41) is 0. The maximum atomic E-state index is 11.5. The normalized spacial score (nSPS) is 26.2. The first-order chi connectivity index (χ1) is 6.25. The van der Waals surface area contributed by atoms with Crippen molar-refractivity contribution in [1.82, 2.24) is 4.90 Å². The fourth-order valence-corrected chi connectivity index (χ4v) is 1.87. The largest absolute Gasteiger partial charge is 0.328 e. The maximum absolute atomic E-state index is 11.5. The molecule has 0 radical (unpaired) electrons. The quantitative estimate of drug-likeness (QED) is 0.686. The Labute approximate surface area is 79.3 Å². The van der Waals surface area contributed by atoms with Crippen molar-refractivity contribution in [2.75, 3.05) is 19.6 Å². The number of ketones is 1. The second-order valence-electron chi connectivity index (χ2n) is 4.35. The van der Waals surface area contributed by atoms with E-state index in [1.807, 2.05) is 0 Å². The van der Waals surface area contributed by atoms with Crippen molar-refractivity contribution in [2.45, 2.75) is 31.7 Å². The molecule has 1 saturated carbocycles. The molecule has 0 unspecified atom stereocenters. The molecule has 0 aromatic rings. The Morgan fingerprint density at radius 3 is 2.38 bits per heavy atom. The van der Waals surface area contributed by atoms with Gasteiger partial charge < -0.3 is 5.73 Å². The summed E-state index contributed by atoms with van der Waals surface area (Å²) in [6.45, 7) is 2.70. The van der Waals surface area contributed by atoms with Crippen LogP contribution >= 0.6 is 0 Å². The van der Waals surface area contributed by atoms with Crippen LogP contribution in [0.3, 0.4) is 0 Å². The Balaban J connectivity index is 1.72. The summed E-state index contributed by atoms with van der Waals surface area (Å²) < 4.78 is 0. The summed E-state index contributed by atoms with van der Waals surface area (Å²) in [6.07, 6.45) is 4.37. The molecule has 2 aliphatic rings. The van der Waals surface area contributed by atoms with E-state index in [4.69, 9.17) is 5.73 Å². The first-order valence-electron chi connectivity index (χ1n) is 5.26. The third-order valence-corrected chi connectivity index (χ3v) is 3.04. The van der Waals surface area contributed by atoms with Crippen LogP contribution in [0.1, 0.15) is 25.7 Å². The second-order valence-corrected chi connectivity index (χ2v) is 4.35. The van der Waals surface area contributed by atoms with Crippen LogP contribution in [-0.2, 0) is 4.79 Å². The van der Waals surface area contributed by atoms with Crippen LogP contribution in [0.5, 0.6) is 0 Å². The van der Waals surface area contributed by atoms with Gasteiger partial charge in [0, 0.05) is 25.0 Å². The molecule has 0 spiro atoms. The number of carbonyl (C=O) groups excluding carboxylic acids is 1. The minimum Gasteiger partial charge on any atom is -0.328 e. The van der Waals surface area contributed by atoms with E-state index in [0.717, 1.165) is 38.8 Å². The van der Waals surface area contributed by atoms with Crippen molar-refractivity contribution >= 4 is 5.78 Å². The van der Waals surface area contributed by atoms with E-state index in [2.05, 4.69) is 4.90 Å². The lowest BCUT2D eigenvalue weighted by atomic mass is 10.1. The zero-order valence-corrected chi connectivity index (χ0v) is 8.04. The predicted octanol–water partition coefficient (Wildman–Crippen LogP) is 0.389. The molecule has 2 N–H and O–H groups in total. The van der Waals surface area contributed by atoms with Gasteiger partial charge in [0.1, 0.15) is 5.78 Å². The molecule has 13 heavy (non-hydrogen) atoms. The van der Waals surface area contributed by atoms with Gasteiger partial charge in [0.2, 0.25) is 0 Å². The summed E-state index contributed by atoms with van der Waals surface area (Å²) in [6, 6.07) is 0.368. The number of nitrogens with two attached hydrogens (primary N) is 1. The molecule has 0 aromatic heterocycles. The fraction of sp³-hybridized carbons (Fsp3) is 0.900. The Kier molecular flexibility index (Phi) is 2.65. The highest BCUT2D eigenvalue weighted by atomic mass is 16.1. The lowest BCUT2D eigenvalue weighted by Gasteiger charge is -2.29. The van der Waals surface area contributed by atoms with E-state index >= 15 is 0 Å². The molecule has 0 aromatic carbocycles. The minimum atomic E-state index is 0.368. The highest BCUT2D eigenvalue weighted by Crippen LogP contribution is 2.30. The maximum Gasteiger partial charge on any atom is 0.149 e. The van der Waals surface area contributed by atoms with Gasteiger partial charge in [-0.25, -0.2) is 0 Å². The molecule has 3 heteroatoms. The van der Waals surface area contributed by atoms with Crippen LogP contribution in [0.25, 0.3) is 0 Å². The molecule has 2 rings (SSSR count). The van der Waals surface area contributed by atoms with E-state index in [-0.39, 0.29) is 0 Å². The van der Waals surface area contributed by atoms with Gasteiger partial charge in [0.15, 0.2) is 0 Å². The number of likely N-dealkylation sites (tertiary alicyclic amines) is 1. The van der Waals surface area contributed by atoms with Crippen molar-refractivity contribution in [1.29, 1.82) is 0 Å². The lowest BCUT2D eigenvalue weighted by molar-refractivity contribution is -0.121. The zero-order valence-electron chi connectivity index (χ0n) is 8.04. The van der Waals surface area contributed by atoms with E-state index in [1.54, 1.807) is 0 Å². The van der Waals surface area contributed by atoms with E-state index < -0.39 is 0 Å². The molecular weight excluding hydrogens is 164 g/mol. The number of rotatable bonds is 3. The molecule has 0 atom stereocenters. The molecule has 2 fully saturated rings. The molecule has 1 saturated heterocycles. The van der Waals surface area contributed by atoms with Gasteiger partial charge in [-0.1, -0.05) is 0 Å². The average molecular weight is 182 g/mol. The summed E-state index contributed by atoms with van der Waals surface area (Å²) in [5.41, 5.74) is 5.79. The fourth-order valence-electron chi connectivity index (χ4n) is 1.87. The molecule has 0 amide bonds. The standard InChI is InChI=1S/C10H18N2O/c11-9-3-5-12(6-4-9)7-10(13)8-1-2-8/h8-9H,1-7,11H2. The highest BCUT2D eigenvalue weighted by molar-refractivity contribution is 5.84. The Morgan fingerprint density at radius 1 is 1.23 bits per heavy atom. The van der Waals surface area contributed by atoms with Gasteiger partial charge >= 0.3 is 0 Å². The van der Waals surface area contributed by atoms with Crippen molar-refractivity contribution in [2.24, 2.45) is 11.7 Å². The molecule has 1 heterocycles. The summed E-state index contributed by atoms with van der Waals surface area (Å²) in [4.78, 5) is 13.7. The number of hydrogen-bond donors (Lipinski definition) is 1. The number of piperidine rings is 1. The highest BCUT2D eigenvalue weighted by Gasteiger charge is 2.30. The number of Topliss-reactive ketones (excluding diaryl/α,β-unsaturated/α-hetero) is 1. The van der Waals surface area contributed by atoms with Crippen LogP contribution in [0.15, 0.2) is 0 Å². The lowest BCUT2D eigenvalue weighted by Crippen LogP contribution is -2.42. The van der Waals surface area contributed by atoms with E-state index in [1.165, 1.54) is 0 Å². The third kappa shape index (κ3) is 2.51. The minimum absolute atomic E-state index is 0.368. The van der Waals surface area contributed by atoms with Gasteiger partial charge in [-0.15, -0.1) is 0 Å². The summed E-state index contributed by atoms with van der Waals surface area (Å²) in [5.74, 6) is 0.867. The van der Waals surface area contributed by atoms with Gasteiger partial charge in [-0.05, 0) is 25.7 Å². The smallest absolute Gasteiger partial charge is 0.149 e. The van der Waals surface area contributed by atoms with E-state index in [0.29, 0.717) is 24.3 Å². The Bertz CT molecular complexity index is 193. The monoisotopic (exact) mass is 182 g/mol. The average Bonchev–Trinajstić information content (AvgIpc) is 2.91.